The Morgan fingerprint density at radius 3 is 2.73 bits per heavy atom. The first-order chi connectivity index (χ1) is 7.40. The van der Waals surface area contributed by atoms with Gasteiger partial charge in [0.2, 0.25) is 0 Å². The predicted molar refractivity (Wildman–Crippen MR) is 61.8 cm³/mol. The Bertz CT molecular complexity index is 307. The van der Waals surface area contributed by atoms with E-state index in [1.165, 1.54) is 25.7 Å². The Balaban J connectivity index is 1.81. The Hall–Kier alpha value is -1.02. The first-order valence-electron chi connectivity index (χ1n) is 5.81. The molecular weight excluding hydrogens is 186 g/mol. The van der Waals surface area contributed by atoms with Gasteiger partial charge in [-0.3, -0.25) is 0 Å². The van der Waals surface area contributed by atoms with E-state index in [4.69, 9.17) is 10.5 Å². The van der Waals surface area contributed by atoms with E-state index >= 15 is 0 Å². The van der Waals surface area contributed by atoms with Crippen LogP contribution in [-0.4, -0.2) is 6.61 Å². The summed E-state index contributed by atoms with van der Waals surface area (Å²) in [5.74, 6) is 1.87. The summed E-state index contributed by atoms with van der Waals surface area (Å²) in [6, 6.07) is 8.03. The summed E-state index contributed by atoms with van der Waals surface area (Å²) in [5, 5.41) is 0. The van der Waals surface area contributed by atoms with Crippen molar-refractivity contribution < 1.29 is 4.74 Å². The minimum atomic E-state index is 0.555. The lowest BCUT2D eigenvalue weighted by Crippen LogP contribution is -2.15. The highest BCUT2D eigenvalue weighted by atomic mass is 16.5. The third-order valence-corrected chi connectivity index (χ3v) is 3.20. The molecule has 1 fully saturated rings. The quantitative estimate of drug-likeness (QED) is 0.802. The van der Waals surface area contributed by atoms with Crippen LogP contribution >= 0.6 is 0 Å². The average Bonchev–Trinajstić information content (AvgIpc) is 2.22. The molecule has 1 aliphatic rings. The maximum Gasteiger partial charge on any atom is 0.123 e. The van der Waals surface area contributed by atoms with Gasteiger partial charge < -0.3 is 10.5 Å². The van der Waals surface area contributed by atoms with E-state index < -0.39 is 0 Å². The summed E-state index contributed by atoms with van der Waals surface area (Å²) in [5.41, 5.74) is 6.74. The van der Waals surface area contributed by atoms with E-state index in [-0.39, 0.29) is 0 Å². The van der Waals surface area contributed by atoms with Crippen LogP contribution in [0.4, 0.5) is 0 Å². The molecule has 0 atom stereocenters. The molecular formula is C13H19NO. The van der Waals surface area contributed by atoms with Crippen LogP contribution in [0, 0.1) is 5.92 Å². The van der Waals surface area contributed by atoms with Gasteiger partial charge in [0.15, 0.2) is 0 Å². The number of ether oxygens (including phenoxy) is 1. The highest BCUT2D eigenvalue weighted by molar-refractivity contribution is 5.32. The molecule has 2 rings (SSSR count). The van der Waals surface area contributed by atoms with Crippen molar-refractivity contribution in [3.8, 4) is 5.75 Å². The van der Waals surface area contributed by atoms with Crippen molar-refractivity contribution in [1.82, 2.24) is 0 Å². The summed E-state index contributed by atoms with van der Waals surface area (Å²) in [4.78, 5) is 0. The van der Waals surface area contributed by atoms with Crippen LogP contribution in [0.2, 0.25) is 0 Å². The molecule has 82 valence electrons. The van der Waals surface area contributed by atoms with E-state index in [0.29, 0.717) is 6.54 Å². The van der Waals surface area contributed by atoms with Gasteiger partial charge in [0.05, 0.1) is 6.61 Å². The molecule has 0 spiro atoms. The third kappa shape index (κ3) is 2.72. The van der Waals surface area contributed by atoms with Gasteiger partial charge in [-0.25, -0.2) is 0 Å². The zero-order chi connectivity index (χ0) is 10.5. The number of nitrogens with two attached hydrogens (primary N) is 1. The molecule has 1 aromatic rings. The van der Waals surface area contributed by atoms with Crippen molar-refractivity contribution in [1.29, 1.82) is 0 Å². The molecule has 1 saturated carbocycles. The molecule has 0 heterocycles. The Morgan fingerprint density at radius 2 is 2.07 bits per heavy atom. The molecule has 0 aromatic heterocycles. The SMILES string of the molecule is NCc1ccccc1OCCC1CCC1. The number of benzene rings is 1. The molecule has 0 unspecified atom stereocenters. The van der Waals surface area contributed by atoms with Crippen LogP contribution in [0.3, 0.4) is 0 Å². The first-order valence-corrected chi connectivity index (χ1v) is 5.81. The van der Waals surface area contributed by atoms with Crippen LogP contribution < -0.4 is 10.5 Å². The highest BCUT2D eigenvalue weighted by Gasteiger charge is 2.16. The fraction of sp³-hybridized carbons (Fsp3) is 0.538. The van der Waals surface area contributed by atoms with Crippen LogP contribution in [-0.2, 0) is 6.54 Å². The monoisotopic (exact) mass is 205 g/mol. The lowest BCUT2D eigenvalue weighted by Gasteiger charge is -2.25. The smallest absolute Gasteiger partial charge is 0.123 e. The normalized spacial score (nSPS) is 16.1. The van der Waals surface area contributed by atoms with Crippen LogP contribution in [0.5, 0.6) is 5.75 Å². The van der Waals surface area contributed by atoms with E-state index in [9.17, 15) is 0 Å². The van der Waals surface area contributed by atoms with Crippen molar-refractivity contribution in [3.05, 3.63) is 29.8 Å². The van der Waals surface area contributed by atoms with Gasteiger partial charge in [-0.05, 0) is 18.4 Å². The van der Waals surface area contributed by atoms with Crippen molar-refractivity contribution in [2.24, 2.45) is 11.7 Å². The average molecular weight is 205 g/mol. The van der Waals surface area contributed by atoms with E-state index in [2.05, 4.69) is 0 Å². The fourth-order valence-corrected chi connectivity index (χ4v) is 1.93. The molecule has 2 N–H and O–H groups in total. The van der Waals surface area contributed by atoms with Crippen molar-refractivity contribution in [2.45, 2.75) is 32.2 Å². The highest BCUT2D eigenvalue weighted by Crippen LogP contribution is 2.29. The van der Waals surface area contributed by atoms with Crippen LogP contribution in [0.15, 0.2) is 24.3 Å². The molecule has 2 heteroatoms. The van der Waals surface area contributed by atoms with Gasteiger partial charge in [-0.1, -0.05) is 37.5 Å². The lowest BCUT2D eigenvalue weighted by molar-refractivity contribution is 0.221. The Kier molecular flexibility index (Phi) is 3.62. The predicted octanol–water partition coefficient (Wildman–Crippen LogP) is 2.71. The first kappa shape index (κ1) is 10.5. The van der Waals surface area contributed by atoms with Gasteiger partial charge in [0.25, 0.3) is 0 Å². The number of rotatable bonds is 5. The van der Waals surface area contributed by atoms with E-state index in [1.807, 2.05) is 24.3 Å². The third-order valence-electron chi connectivity index (χ3n) is 3.20. The van der Waals surface area contributed by atoms with Gasteiger partial charge in [-0.2, -0.15) is 0 Å². The second-order valence-corrected chi connectivity index (χ2v) is 4.25. The summed E-state index contributed by atoms with van der Waals surface area (Å²) < 4.78 is 5.75. The zero-order valence-electron chi connectivity index (χ0n) is 9.11. The van der Waals surface area contributed by atoms with Crippen molar-refractivity contribution in [3.63, 3.8) is 0 Å². The van der Waals surface area contributed by atoms with Gasteiger partial charge in [0, 0.05) is 12.1 Å². The maximum atomic E-state index is 5.75. The molecule has 2 nitrogen and oxygen atoms in total. The minimum Gasteiger partial charge on any atom is -0.493 e. The topological polar surface area (TPSA) is 35.2 Å². The lowest BCUT2D eigenvalue weighted by atomic mass is 9.83. The minimum absolute atomic E-state index is 0.555. The molecule has 1 aromatic carbocycles. The molecule has 0 radical (unpaired) electrons. The Labute approximate surface area is 91.4 Å². The van der Waals surface area contributed by atoms with Crippen molar-refractivity contribution >= 4 is 0 Å². The van der Waals surface area contributed by atoms with Gasteiger partial charge in [0.1, 0.15) is 5.75 Å². The molecule has 0 saturated heterocycles. The second-order valence-electron chi connectivity index (χ2n) is 4.25. The van der Waals surface area contributed by atoms with E-state index in [0.717, 1.165) is 23.8 Å². The summed E-state index contributed by atoms with van der Waals surface area (Å²) in [6.45, 7) is 1.39. The van der Waals surface area contributed by atoms with Crippen molar-refractivity contribution in [2.75, 3.05) is 6.61 Å². The number of hydrogen-bond acceptors (Lipinski definition) is 2. The van der Waals surface area contributed by atoms with Gasteiger partial charge >= 0.3 is 0 Å². The van der Waals surface area contributed by atoms with Crippen LogP contribution in [0.25, 0.3) is 0 Å². The molecule has 15 heavy (non-hydrogen) atoms. The fourth-order valence-electron chi connectivity index (χ4n) is 1.93. The summed E-state index contributed by atoms with van der Waals surface area (Å²) in [6.07, 6.45) is 5.38. The van der Waals surface area contributed by atoms with Gasteiger partial charge in [-0.15, -0.1) is 0 Å². The maximum absolute atomic E-state index is 5.75. The largest absolute Gasteiger partial charge is 0.493 e. The molecule has 0 bridgehead atoms. The molecule has 0 aliphatic heterocycles. The number of para-hydroxylation sites is 1. The molecule has 1 aliphatic carbocycles. The van der Waals surface area contributed by atoms with Crippen LogP contribution in [0.1, 0.15) is 31.2 Å². The Morgan fingerprint density at radius 1 is 1.27 bits per heavy atom. The molecule has 0 amide bonds. The second kappa shape index (κ2) is 5.17. The summed E-state index contributed by atoms with van der Waals surface area (Å²) >= 11 is 0. The zero-order valence-corrected chi connectivity index (χ0v) is 9.11. The number of hydrogen-bond donors (Lipinski definition) is 1. The van der Waals surface area contributed by atoms with E-state index in [1.54, 1.807) is 0 Å². The standard InChI is InChI=1S/C13H19NO/c14-10-12-6-1-2-7-13(12)15-9-8-11-4-3-5-11/h1-2,6-7,11H,3-5,8-10,14H2. The summed E-state index contributed by atoms with van der Waals surface area (Å²) in [7, 11) is 0.